The number of halogens is 2. The van der Waals surface area contributed by atoms with Crippen molar-refractivity contribution in [3.8, 4) is 11.5 Å². The van der Waals surface area contributed by atoms with E-state index in [9.17, 15) is 8.42 Å². The van der Waals surface area contributed by atoms with E-state index in [0.717, 1.165) is 12.8 Å². The minimum absolute atomic E-state index is 0. The topological polar surface area (TPSA) is 81.9 Å². The number of ether oxygens (including phenoxy) is 2. The second-order valence-corrected chi connectivity index (χ2v) is 7.50. The third-order valence-corrected chi connectivity index (χ3v) is 6.21. The van der Waals surface area contributed by atoms with Gasteiger partial charge in [0.1, 0.15) is 16.4 Å². The molecule has 0 radical (unpaired) electrons. The van der Waals surface area contributed by atoms with Crippen molar-refractivity contribution in [2.75, 3.05) is 27.3 Å². The lowest BCUT2D eigenvalue weighted by Crippen LogP contribution is -2.40. The summed E-state index contributed by atoms with van der Waals surface area (Å²) in [5.41, 5.74) is 5.68. The molecule has 1 atom stereocenters. The minimum atomic E-state index is -3.65. The molecule has 126 valence electrons. The Kier molecular flexibility index (Phi) is 6.94. The van der Waals surface area contributed by atoms with E-state index in [2.05, 4.69) is 15.9 Å². The van der Waals surface area contributed by atoms with Crippen LogP contribution in [0.15, 0.2) is 21.5 Å². The molecule has 1 unspecified atom stereocenters. The Morgan fingerprint density at radius 1 is 1.32 bits per heavy atom. The monoisotopic (exact) mass is 414 g/mol. The van der Waals surface area contributed by atoms with Crippen LogP contribution in [0.4, 0.5) is 0 Å². The maximum Gasteiger partial charge on any atom is 0.247 e. The number of hydrogen-bond acceptors (Lipinski definition) is 5. The van der Waals surface area contributed by atoms with Crippen molar-refractivity contribution in [1.82, 2.24) is 4.31 Å². The molecule has 0 saturated carbocycles. The molecule has 9 heteroatoms. The summed E-state index contributed by atoms with van der Waals surface area (Å²) in [7, 11) is -0.698. The number of hydrogen-bond donors (Lipinski definition) is 1. The Morgan fingerprint density at radius 2 is 1.95 bits per heavy atom. The minimum Gasteiger partial charge on any atom is -0.495 e. The van der Waals surface area contributed by atoms with Gasteiger partial charge in [-0.3, -0.25) is 0 Å². The summed E-state index contributed by atoms with van der Waals surface area (Å²) in [4.78, 5) is 0.123. The Hall–Kier alpha value is -0.540. The van der Waals surface area contributed by atoms with Crippen LogP contribution >= 0.6 is 28.3 Å². The van der Waals surface area contributed by atoms with Gasteiger partial charge < -0.3 is 15.2 Å². The molecule has 1 aromatic carbocycles. The number of benzene rings is 1. The summed E-state index contributed by atoms with van der Waals surface area (Å²) < 4.78 is 38.1. The summed E-state index contributed by atoms with van der Waals surface area (Å²) in [5.74, 6) is 0.778. The van der Waals surface area contributed by atoms with Crippen LogP contribution in [-0.2, 0) is 10.0 Å². The highest BCUT2D eigenvalue weighted by molar-refractivity contribution is 9.10. The lowest BCUT2D eigenvalue weighted by Gasteiger charge is -2.24. The van der Waals surface area contributed by atoms with Gasteiger partial charge in [0.25, 0.3) is 0 Å². The van der Waals surface area contributed by atoms with Crippen molar-refractivity contribution in [3.63, 3.8) is 0 Å². The molecule has 0 bridgehead atoms. The third-order valence-electron chi connectivity index (χ3n) is 3.62. The van der Waals surface area contributed by atoms with Crippen LogP contribution in [-0.4, -0.2) is 46.1 Å². The average Bonchev–Trinajstić information content (AvgIpc) is 2.96. The van der Waals surface area contributed by atoms with Crippen LogP contribution in [0, 0.1) is 0 Å². The van der Waals surface area contributed by atoms with E-state index >= 15 is 0 Å². The predicted octanol–water partition coefficient (Wildman–Crippen LogP) is 2.00. The van der Waals surface area contributed by atoms with Crippen molar-refractivity contribution in [2.24, 2.45) is 5.73 Å². The maximum absolute atomic E-state index is 12.9. The Bertz CT molecular complexity index is 627. The summed E-state index contributed by atoms with van der Waals surface area (Å²) >= 11 is 3.32. The van der Waals surface area contributed by atoms with Gasteiger partial charge in [-0.05, 0) is 34.8 Å². The fourth-order valence-electron chi connectivity index (χ4n) is 2.52. The van der Waals surface area contributed by atoms with Crippen LogP contribution in [0.3, 0.4) is 0 Å². The lowest BCUT2D eigenvalue weighted by atomic mass is 10.2. The smallest absolute Gasteiger partial charge is 0.247 e. The predicted molar refractivity (Wildman–Crippen MR) is 90.5 cm³/mol. The van der Waals surface area contributed by atoms with Gasteiger partial charge in [-0.2, -0.15) is 4.31 Å². The van der Waals surface area contributed by atoms with Gasteiger partial charge in [-0.15, -0.1) is 12.4 Å². The quantitative estimate of drug-likeness (QED) is 0.795. The summed E-state index contributed by atoms with van der Waals surface area (Å²) in [6.45, 7) is 0.801. The highest BCUT2D eigenvalue weighted by Gasteiger charge is 2.36. The largest absolute Gasteiger partial charge is 0.495 e. The molecular weight excluding hydrogens is 396 g/mol. The first-order valence-electron chi connectivity index (χ1n) is 6.59. The molecule has 0 aliphatic carbocycles. The number of sulfonamides is 1. The van der Waals surface area contributed by atoms with Crippen LogP contribution in [0.25, 0.3) is 0 Å². The molecular formula is C13H20BrClN2O4S. The van der Waals surface area contributed by atoms with Gasteiger partial charge in [0.2, 0.25) is 10.0 Å². The molecule has 0 spiro atoms. The standard InChI is InChI=1S/C13H19BrN2O4S.ClH/c1-19-11-7-12(20-2)13(6-10(11)14)21(17,18)16-5-3-4-9(16)8-15;/h6-7,9H,3-5,8,15H2,1-2H3;1H. The normalized spacial score (nSPS) is 18.8. The SMILES string of the molecule is COc1cc(OC)c(S(=O)(=O)N2CCCC2CN)cc1Br.Cl. The molecule has 1 heterocycles. The number of rotatable bonds is 5. The number of nitrogens with zero attached hydrogens (tertiary/aromatic N) is 1. The van der Waals surface area contributed by atoms with Gasteiger partial charge in [0, 0.05) is 25.2 Å². The Labute approximate surface area is 145 Å². The summed E-state index contributed by atoms with van der Waals surface area (Å²) in [6, 6.07) is 2.92. The number of nitrogens with two attached hydrogens (primary N) is 1. The first-order valence-corrected chi connectivity index (χ1v) is 8.82. The fraction of sp³-hybridized carbons (Fsp3) is 0.538. The van der Waals surface area contributed by atoms with Crippen LogP contribution in [0.1, 0.15) is 12.8 Å². The first-order chi connectivity index (χ1) is 9.95. The molecule has 6 nitrogen and oxygen atoms in total. The van der Waals surface area contributed by atoms with Crippen molar-refractivity contribution in [1.29, 1.82) is 0 Å². The maximum atomic E-state index is 12.9. The molecule has 1 fully saturated rings. The van der Waals surface area contributed by atoms with E-state index in [-0.39, 0.29) is 29.1 Å². The molecule has 1 aromatic rings. The molecule has 1 saturated heterocycles. The molecule has 0 aromatic heterocycles. The number of methoxy groups -OCH3 is 2. The molecule has 2 N–H and O–H groups in total. The first kappa shape index (κ1) is 19.5. The Morgan fingerprint density at radius 3 is 2.50 bits per heavy atom. The van der Waals surface area contributed by atoms with E-state index in [0.29, 0.717) is 23.3 Å². The van der Waals surface area contributed by atoms with E-state index in [4.69, 9.17) is 15.2 Å². The molecule has 2 rings (SSSR count). The lowest BCUT2D eigenvalue weighted by molar-refractivity contribution is 0.372. The highest BCUT2D eigenvalue weighted by Crippen LogP contribution is 2.38. The second-order valence-electron chi connectivity index (χ2n) is 4.79. The van der Waals surface area contributed by atoms with Crippen molar-refractivity contribution >= 4 is 38.4 Å². The molecule has 1 aliphatic rings. The third kappa shape index (κ3) is 3.51. The molecule has 22 heavy (non-hydrogen) atoms. The average molecular weight is 416 g/mol. The van der Waals surface area contributed by atoms with E-state index in [1.165, 1.54) is 24.6 Å². The zero-order valence-electron chi connectivity index (χ0n) is 12.4. The molecule has 0 amide bonds. The van der Waals surface area contributed by atoms with Crippen LogP contribution < -0.4 is 15.2 Å². The van der Waals surface area contributed by atoms with Crippen molar-refractivity contribution < 1.29 is 17.9 Å². The Balaban J connectivity index is 0.00000242. The van der Waals surface area contributed by atoms with E-state index in [1.54, 1.807) is 6.07 Å². The van der Waals surface area contributed by atoms with Gasteiger partial charge in [0.05, 0.1) is 18.7 Å². The summed E-state index contributed by atoms with van der Waals surface area (Å²) in [5, 5.41) is 0. The van der Waals surface area contributed by atoms with Gasteiger partial charge in [0.15, 0.2) is 0 Å². The van der Waals surface area contributed by atoms with Gasteiger partial charge in [-0.25, -0.2) is 8.42 Å². The fourth-order valence-corrected chi connectivity index (χ4v) is 5.05. The van der Waals surface area contributed by atoms with Crippen molar-refractivity contribution in [3.05, 3.63) is 16.6 Å². The van der Waals surface area contributed by atoms with Gasteiger partial charge >= 0.3 is 0 Å². The molecule has 1 aliphatic heterocycles. The van der Waals surface area contributed by atoms with E-state index < -0.39 is 10.0 Å². The van der Waals surface area contributed by atoms with Gasteiger partial charge in [-0.1, -0.05) is 0 Å². The van der Waals surface area contributed by atoms with Crippen LogP contribution in [0.2, 0.25) is 0 Å². The summed E-state index contributed by atoms with van der Waals surface area (Å²) in [6.07, 6.45) is 1.61. The highest BCUT2D eigenvalue weighted by atomic mass is 79.9. The van der Waals surface area contributed by atoms with Crippen molar-refractivity contribution in [2.45, 2.75) is 23.8 Å². The van der Waals surface area contributed by atoms with Crippen LogP contribution in [0.5, 0.6) is 11.5 Å². The second kappa shape index (κ2) is 7.83. The zero-order valence-corrected chi connectivity index (χ0v) is 15.6. The zero-order chi connectivity index (χ0) is 15.6. The van der Waals surface area contributed by atoms with E-state index in [1.807, 2.05) is 0 Å².